The largest absolute Gasteiger partial charge is 0.293 e. The Morgan fingerprint density at radius 1 is 1.17 bits per heavy atom. The third-order valence-electron chi connectivity index (χ3n) is 3.92. The molecule has 114 valence electrons. The van der Waals surface area contributed by atoms with Crippen molar-refractivity contribution in [1.29, 1.82) is 0 Å². The Hall–Kier alpha value is -2.66. The lowest BCUT2D eigenvalue weighted by molar-refractivity contribution is 0.859. The van der Waals surface area contributed by atoms with Crippen LogP contribution in [0.4, 0.5) is 0 Å². The molecule has 0 aliphatic rings. The Balaban J connectivity index is 2.06. The summed E-state index contributed by atoms with van der Waals surface area (Å²) in [4.78, 5) is 17.3. The summed E-state index contributed by atoms with van der Waals surface area (Å²) in [5.41, 5.74) is 5.38. The van der Waals surface area contributed by atoms with Crippen LogP contribution < -0.4 is 5.56 Å². The topological polar surface area (TPSA) is 50.2 Å². The molecule has 0 aliphatic carbocycles. The van der Waals surface area contributed by atoms with Crippen LogP contribution in [0.5, 0.6) is 0 Å². The predicted octanol–water partition coefficient (Wildman–Crippen LogP) is 3.98. The first-order valence-electron chi connectivity index (χ1n) is 7.50. The molecule has 4 rings (SSSR count). The highest BCUT2D eigenvalue weighted by atomic mass is 32.1. The Labute approximate surface area is 137 Å². The summed E-state index contributed by atoms with van der Waals surface area (Å²) in [5, 5.41) is 7.20. The lowest BCUT2D eigenvalue weighted by atomic mass is 10.0. The number of H-pyrrole nitrogens is 1. The first-order valence-corrected chi connectivity index (χ1v) is 8.45. The fourth-order valence-electron chi connectivity index (χ4n) is 2.81. The van der Waals surface area contributed by atoms with Gasteiger partial charge in [0.2, 0.25) is 0 Å². The zero-order valence-electron chi connectivity index (χ0n) is 12.6. The number of rotatable bonds is 3. The molecule has 0 unspecified atom stereocenters. The van der Waals surface area contributed by atoms with Crippen LogP contribution >= 0.6 is 11.3 Å². The number of hydrogen-bond acceptors (Lipinski definition) is 3. The van der Waals surface area contributed by atoms with Gasteiger partial charge in [0.05, 0.1) is 5.69 Å². The lowest BCUT2D eigenvalue weighted by Gasteiger charge is -2.02. The highest BCUT2D eigenvalue weighted by Crippen LogP contribution is 2.28. The number of benzene rings is 1. The molecule has 0 saturated carbocycles. The summed E-state index contributed by atoms with van der Waals surface area (Å²) in [6, 6.07) is 13.6. The molecule has 23 heavy (non-hydrogen) atoms. The SMILES string of the molecule is CCc1[nH]n2c(=O)cc(-c3ccsc3)nc2c1-c1ccccc1. The standard InChI is InChI=1S/C18H15N3OS/c1-2-14-17(12-6-4-3-5-7-12)18-19-15(13-8-9-23-11-13)10-16(22)21(18)20-14/h3-11,20H,2H2,1H3. The third-order valence-corrected chi connectivity index (χ3v) is 4.61. The zero-order chi connectivity index (χ0) is 15.8. The van der Waals surface area contributed by atoms with Gasteiger partial charge in [0, 0.05) is 28.3 Å². The van der Waals surface area contributed by atoms with E-state index in [4.69, 9.17) is 4.98 Å². The molecule has 0 saturated heterocycles. The van der Waals surface area contributed by atoms with Crippen molar-refractivity contribution < 1.29 is 0 Å². The highest BCUT2D eigenvalue weighted by molar-refractivity contribution is 7.08. The molecule has 4 nitrogen and oxygen atoms in total. The van der Waals surface area contributed by atoms with Crippen molar-refractivity contribution in [2.45, 2.75) is 13.3 Å². The van der Waals surface area contributed by atoms with Crippen LogP contribution in [0.1, 0.15) is 12.6 Å². The van der Waals surface area contributed by atoms with Gasteiger partial charge in [-0.05, 0) is 23.4 Å². The van der Waals surface area contributed by atoms with Crippen LogP contribution in [0.3, 0.4) is 0 Å². The van der Waals surface area contributed by atoms with Gasteiger partial charge in [0.15, 0.2) is 5.65 Å². The quantitative estimate of drug-likeness (QED) is 0.620. The maximum absolute atomic E-state index is 12.5. The smallest absolute Gasteiger partial charge is 0.273 e. The molecule has 0 fully saturated rings. The number of nitrogens with one attached hydrogen (secondary N) is 1. The fraction of sp³-hybridized carbons (Fsp3) is 0.111. The first-order chi connectivity index (χ1) is 11.3. The summed E-state index contributed by atoms with van der Waals surface area (Å²) >= 11 is 1.60. The molecule has 0 aliphatic heterocycles. The zero-order valence-corrected chi connectivity index (χ0v) is 13.4. The van der Waals surface area contributed by atoms with Crippen molar-refractivity contribution in [3.63, 3.8) is 0 Å². The number of hydrogen-bond donors (Lipinski definition) is 1. The van der Waals surface area contributed by atoms with E-state index < -0.39 is 0 Å². The molecule has 0 spiro atoms. The van der Waals surface area contributed by atoms with Gasteiger partial charge >= 0.3 is 0 Å². The van der Waals surface area contributed by atoms with E-state index in [1.807, 2.05) is 47.2 Å². The number of nitrogens with zero attached hydrogens (tertiary/aromatic N) is 2. The molecule has 3 heterocycles. The number of fused-ring (bicyclic) bond motifs is 1. The van der Waals surface area contributed by atoms with E-state index in [0.717, 1.165) is 34.5 Å². The predicted molar refractivity (Wildman–Crippen MR) is 93.9 cm³/mol. The van der Waals surface area contributed by atoms with Crippen LogP contribution in [-0.2, 0) is 6.42 Å². The van der Waals surface area contributed by atoms with E-state index in [9.17, 15) is 4.79 Å². The van der Waals surface area contributed by atoms with E-state index in [2.05, 4.69) is 12.0 Å². The first kappa shape index (κ1) is 14.0. The maximum atomic E-state index is 12.5. The second kappa shape index (κ2) is 5.52. The molecular formula is C18H15N3OS. The van der Waals surface area contributed by atoms with Crippen LogP contribution in [0.25, 0.3) is 28.0 Å². The average molecular weight is 321 g/mol. The van der Waals surface area contributed by atoms with Gasteiger partial charge in [-0.25, -0.2) is 9.50 Å². The molecule has 0 radical (unpaired) electrons. The van der Waals surface area contributed by atoms with Crippen molar-refractivity contribution in [2.75, 3.05) is 0 Å². The molecule has 0 amide bonds. The number of aromatic nitrogens is 3. The molecule has 3 aromatic heterocycles. The van der Waals surface area contributed by atoms with Gasteiger partial charge in [-0.1, -0.05) is 37.3 Å². The van der Waals surface area contributed by atoms with Gasteiger partial charge in [-0.2, -0.15) is 11.3 Å². The minimum Gasteiger partial charge on any atom is -0.293 e. The summed E-state index contributed by atoms with van der Waals surface area (Å²) < 4.78 is 1.54. The second-order valence-electron chi connectivity index (χ2n) is 5.34. The normalized spacial score (nSPS) is 11.2. The molecule has 4 aromatic rings. The van der Waals surface area contributed by atoms with Crippen molar-refractivity contribution in [3.05, 3.63) is 69.3 Å². The molecular weight excluding hydrogens is 306 g/mol. The van der Waals surface area contributed by atoms with E-state index in [-0.39, 0.29) is 5.56 Å². The number of aryl methyl sites for hydroxylation is 1. The third kappa shape index (κ3) is 2.29. The minimum atomic E-state index is -0.0897. The van der Waals surface area contributed by atoms with Crippen molar-refractivity contribution in [1.82, 2.24) is 14.6 Å². The molecule has 0 bridgehead atoms. The maximum Gasteiger partial charge on any atom is 0.273 e. The highest BCUT2D eigenvalue weighted by Gasteiger charge is 2.16. The van der Waals surface area contributed by atoms with Crippen molar-refractivity contribution >= 4 is 17.0 Å². The lowest BCUT2D eigenvalue weighted by Crippen LogP contribution is -2.14. The molecule has 1 aromatic carbocycles. The minimum absolute atomic E-state index is 0.0897. The van der Waals surface area contributed by atoms with Gasteiger partial charge < -0.3 is 0 Å². The van der Waals surface area contributed by atoms with Crippen molar-refractivity contribution in [2.24, 2.45) is 0 Å². The van der Waals surface area contributed by atoms with Crippen LogP contribution in [0.15, 0.2) is 58.0 Å². The van der Waals surface area contributed by atoms with E-state index >= 15 is 0 Å². The van der Waals surface area contributed by atoms with Crippen molar-refractivity contribution in [3.8, 4) is 22.4 Å². The van der Waals surface area contributed by atoms with Gasteiger partial charge in [-0.15, -0.1) is 0 Å². The van der Waals surface area contributed by atoms with Crippen LogP contribution in [0, 0.1) is 0 Å². The number of aromatic amines is 1. The van der Waals surface area contributed by atoms with Gasteiger partial charge in [-0.3, -0.25) is 9.89 Å². The van der Waals surface area contributed by atoms with E-state index in [1.165, 1.54) is 4.52 Å². The molecule has 1 N–H and O–H groups in total. The van der Waals surface area contributed by atoms with Crippen LogP contribution in [0.2, 0.25) is 0 Å². The second-order valence-corrected chi connectivity index (χ2v) is 6.12. The fourth-order valence-corrected chi connectivity index (χ4v) is 3.46. The summed E-state index contributed by atoms with van der Waals surface area (Å²) in [6.07, 6.45) is 0.806. The van der Waals surface area contributed by atoms with Gasteiger partial charge in [0.1, 0.15) is 0 Å². The Bertz CT molecular complexity index is 1010. The summed E-state index contributed by atoms with van der Waals surface area (Å²) in [6.45, 7) is 2.07. The Morgan fingerprint density at radius 2 is 2.00 bits per heavy atom. The number of thiophene rings is 1. The summed E-state index contributed by atoms with van der Waals surface area (Å²) in [7, 11) is 0. The Kier molecular flexibility index (Phi) is 3.35. The van der Waals surface area contributed by atoms with Gasteiger partial charge in [0.25, 0.3) is 5.56 Å². The summed E-state index contributed by atoms with van der Waals surface area (Å²) in [5.74, 6) is 0. The Morgan fingerprint density at radius 3 is 2.70 bits per heavy atom. The van der Waals surface area contributed by atoms with Crippen LogP contribution in [-0.4, -0.2) is 14.6 Å². The average Bonchev–Trinajstić information content (AvgIpc) is 3.23. The van der Waals surface area contributed by atoms with E-state index in [1.54, 1.807) is 17.4 Å². The molecule has 5 heteroatoms. The van der Waals surface area contributed by atoms with E-state index in [0.29, 0.717) is 5.65 Å². The monoisotopic (exact) mass is 321 g/mol. The molecule has 0 atom stereocenters.